The van der Waals surface area contributed by atoms with E-state index in [1.54, 1.807) is 0 Å². The SMILES string of the molecule is O=C1OC2(CCN(C(=O)C3Cc4cc(Cl)ccc4N3)CC2)c2ccccc21. The van der Waals surface area contributed by atoms with Crippen LogP contribution in [0.5, 0.6) is 0 Å². The Balaban J connectivity index is 1.29. The average Bonchev–Trinajstić information content (AvgIpc) is 3.22. The number of ether oxygens (including phenoxy) is 1. The van der Waals surface area contributed by atoms with Gasteiger partial charge in [0.2, 0.25) is 5.91 Å². The fourth-order valence-corrected chi connectivity index (χ4v) is 4.70. The fraction of sp³-hybridized carbons (Fsp3) is 0.333. The highest BCUT2D eigenvalue weighted by Gasteiger charge is 2.48. The number of carbonyl (C=O) groups is 2. The van der Waals surface area contributed by atoms with E-state index in [2.05, 4.69) is 5.32 Å². The normalized spacial score (nSPS) is 22.2. The standard InChI is InChI=1S/C21H19ClN2O3/c22-14-5-6-17-13(11-14)12-18(23-17)19(25)24-9-7-21(8-10-24)16-4-2-1-3-15(16)20(26)27-21/h1-6,11,18,23H,7-10,12H2. The summed E-state index contributed by atoms with van der Waals surface area (Å²) < 4.78 is 5.77. The molecule has 0 saturated carbocycles. The number of likely N-dealkylation sites (tertiary alicyclic amines) is 1. The highest BCUT2D eigenvalue weighted by atomic mass is 35.5. The molecule has 2 aromatic carbocycles. The maximum atomic E-state index is 13.0. The summed E-state index contributed by atoms with van der Waals surface area (Å²) in [6, 6.07) is 13.0. The molecular formula is C21H19ClN2O3. The lowest BCUT2D eigenvalue weighted by Gasteiger charge is -2.39. The monoisotopic (exact) mass is 382 g/mol. The van der Waals surface area contributed by atoms with Crippen LogP contribution in [0.1, 0.15) is 34.3 Å². The summed E-state index contributed by atoms with van der Waals surface area (Å²) in [5, 5.41) is 3.99. The number of esters is 1. The largest absolute Gasteiger partial charge is 0.450 e. The van der Waals surface area contributed by atoms with Crippen LogP contribution in [0.25, 0.3) is 0 Å². The quantitative estimate of drug-likeness (QED) is 0.768. The third-order valence-electron chi connectivity index (χ3n) is 5.93. The number of amides is 1. The smallest absolute Gasteiger partial charge is 0.339 e. The fourth-order valence-electron chi connectivity index (χ4n) is 4.51. The predicted molar refractivity (Wildman–Crippen MR) is 102 cm³/mol. The van der Waals surface area contributed by atoms with Crippen molar-refractivity contribution < 1.29 is 14.3 Å². The van der Waals surface area contributed by atoms with Gasteiger partial charge in [-0.3, -0.25) is 4.79 Å². The molecular weight excluding hydrogens is 364 g/mol. The van der Waals surface area contributed by atoms with Gasteiger partial charge in [-0.05, 0) is 29.8 Å². The second-order valence-corrected chi connectivity index (χ2v) is 7.89. The molecule has 138 valence electrons. The lowest BCUT2D eigenvalue weighted by atomic mass is 9.83. The van der Waals surface area contributed by atoms with Crippen molar-refractivity contribution in [1.82, 2.24) is 4.90 Å². The first-order valence-corrected chi connectivity index (χ1v) is 9.60. The zero-order valence-corrected chi connectivity index (χ0v) is 15.5. The van der Waals surface area contributed by atoms with Crippen LogP contribution in [0.2, 0.25) is 5.02 Å². The summed E-state index contributed by atoms with van der Waals surface area (Å²) in [5.74, 6) is -0.162. The average molecular weight is 383 g/mol. The van der Waals surface area contributed by atoms with Crippen LogP contribution >= 0.6 is 11.6 Å². The van der Waals surface area contributed by atoms with E-state index >= 15 is 0 Å². The number of hydrogen-bond donors (Lipinski definition) is 1. The van der Waals surface area contributed by atoms with E-state index in [0.717, 1.165) is 16.8 Å². The minimum Gasteiger partial charge on any atom is -0.450 e. The number of hydrogen-bond acceptors (Lipinski definition) is 4. The van der Waals surface area contributed by atoms with Gasteiger partial charge in [0.05, 0.1) is 5.56 Å². The van der Waals surface area contributed by atoms with Gasteiger partial charge in [-0.25, -0.2) is 4.79 Å². The first kappa shape index (κ1) is 16.6. The molecule has 0 aliphatic carbocycles. The summed E-state index contributed by atoms with van der Waals surface area (Å²) in [5.41, 5.74) is 3.09. The van der Waals surface area contributed by atoms with E-state index in [1.807, 2.05) is 47.4 Å². The van der Waals surface area contributed by atoms with Gasteiger partial charge in [0.25, 0.3) is 0 Å². The Morgan fingerprint density at radius 2 is 1.96 bits per heavy atom. The molecule has 1 fully saturated rings. The first-order valence-electron chi connectivity index (χ1n) is 9.22. The van der Waals surface area contributed by atoms with Crippen molar-refractivity contribution >= 4 is 29.2 Å². The van der Waals surface area contributed by atoms with E-state index in [1.165, 1.54) is 0 Å². The molecule has 2 aromatic rings. The van der Waals surface area contributed by atoms with Gasteiger partial charge in [0.15, 0.2) is 0 Å². The van der Waals surface area contributed by atoms with E-state index in [-0.39, 0.29) is 17.9 Å². The Kier molecular flexibility index (Phi) is 3.69. The van der Waals surface area contributed by atoms with Gasteiger partial charge < -0.3 is 15.0 Å². The van der Waals surface area contributed by atoms with Crippen molar-refractivity contribution in [2.75, 3.05) is 18.4 Å². The van der Waals surface area contributed by atoms with Crippen molar-refractivity contribution in [2.24, 2.45) is 0 Å². The van der Waals surface area contributed by atoms with Crippen LogP contribution in [0.15, 0.2) is 42.5 Å². The molecule has 1 saturated heterocycles. The Morgan fingerprint density at radius 3 is 2.78 bits per heavy atom. The zero-order chi connectivity index (χ0) is 18.6. The van der Waals surface area contributed by atoms with Crippen molar-refractivity contribution in [2.45, 2.75) is 30.9 Å². The molecule has 3 aliphatic heterocycles. The molecule has 5 nitrogen and oxygen atoms in total. The van der Waals surface area contributed by atoms with Crippen LogP contribution in [0.3, 0.4) is 0 Å². The first-order chi connectivity index (χ1) is 13.1. The number of nitrogens with zero attached hydrogens (tertiary/aromatic N) is 1. The molecule has 1 spiro atoms. The summed E-state index contributed by atoms with van der Waals surface area (Å²) in [4.78, 5) is 27.1. The van der Waals surface area contributed by atoms with Crippen LogP contribution in [0.4, 0.5) is 5.69 Å². The maximum absolute atomic E-state index is 13.0. The minimum atomic E-state index is -0.579. The number of nitrogens with one attached hydrogen (secondary N) is 1. The second kappa shape index (κ2) is 5.99. The van der Waals surface area contributed by atoms with Crippen molar-refractivity contribution in [3.05, 3.63) is 64.2 Å². The summed E-state index contributed by atoms with van der Waals surface area (Å²) >= 11 is 6.06. The number of carbonyl (C=O) groups excluding carboxylic acids is 2. The van der Waals surface area contributed by atoms with Gasteiger partial charge >= 0.3 is 5.97 Å². The number of benzene rings is 2. The van der Waals surface area contributed by atoms with Crippen molar-refractivity contribution in [1.29, 1.82) is 0 Å². The van der Waals surface area contributed by atoms with Gasteiger partial charge in [0.1, 0.15) is 11.6 Å². The summed E-state index contributed by atoms with van der Waals surface area (Å²) in [6.07, 6.45) is 1.91. The van der Waals surface area contributed by atoms with Gasteiger partial charge in [-0.2, -0.15) is 0 Å². The zero-order valence-electron chi connectivity index (χ0n) is 14.7. The maximum Gasteiger partial charge on any atom is 0.339 e. The number of fused-ring (bicyclic) bond motifs is 3. The molecule has 1 amide bonds. The highest BCUT2D eigenvalue weighted by Crippen LogP contribution is 2.44. The lowest BCUT2D eigenvalue weighted by Crippen LogP contribution is -2.49. The van der Waals surface area contributed by atoms with E-state index < -0.39 is 5.60 Å². The molecule has 27 heavy (non-hydrogen) atoms. The second-order valence-electron chi connectivity index (χ2n) is 7.46. The Morgan fingerprint density at radius 1 is 1.19 bits per heavy atom. The Bertz CT molecular complexity index is 950. The molecule has 0 radical (unpaired) electrons. The van der Waals surface area contributed by atoms with E-state index in [9.17, 15) is 9.59 Å². The van der Waals surface area contributed by atoms with Crippen molar-refractivity contribution in [3.63, 3.8) is 0 Å². The molecule has 3 aliphatic rings. The molecule has 1 N–H and O–H groups in total. The molecule has 3 heterocycles. The van der Waals surface area contributed by atoms with Gasteiger partial charge in [0, 0.05) is 48.6 Å². The van der Waals surface area contributed by atoms with Crippen LogP contribution in [-0.2, 0) is 21.6 Å². The summed E-state index contributed by atoms with van der Waals surface area (Å²) in [7, 11) is 0. The van der Waals surface area contributed by atoms with Crippen molar-refractivity contribution in [3.8, 4) is 0 Å². The van der Waals surface area contributed by atoms with E-state index in [0.29, 0.717) is 42.9 Å². The Labute approximate surface area is 162 Å². The molecule has 0 aromatic heterocycles. The third kappa shape index (κ3) is 2.60. The molecule has 0 bridgehead atoms. The number of rotatable bonds is 1. The lowest BCUT2D eigenvalue weighted by molar-refractivity contribution is -0.136. The minimum absolute atomic E-state index is 0.0924. The van der Waals surface area contributed by atoms with Crippen LogP contribution < -0.4 is 5.32 Å². The molecule has 1 atom stereocenters. The van der Waals surface area contributed by atoms with Gasteiger partial charge in [-0.15, -0.1) is 0 Å². The molecule has 1 unspecified atom stereocenters. The van der Waals surface area contributed by atoms with Crippen LogP contribution in [-0.4, -0.2) is 35.9 Å². The third-order valence-corrected chi connectivity index (χ3v) is 6.16. The molecule has 6 heteroatoms. The number of halogens is 1. The number of piperidine rings is 1. The van der Waals surface area contributed by atoms with Gasteiger partial charge in [-0.1, -0.05) is 29.8 Å². The number of anilines is 1. The Hall–Kier alpha value is -2.53. The van der Waals surface area contributed by atoms with Crippen LogP contribution in [0, 0.1) is 0 Å². The molecule has 5 rings (SSSR count). The predicted octanol–water partition coefficient (Wildman–Crippen LogP) is 3.36. The highest BCUT2D eigenvalue weighted by molar-refractivity contribution is 6.30. The summed E-state index contributed by atoms with van der Waals surface area (Å²) in [6.45, 7) is 1.16. The topological polar surface area (TPSA) is 58.6 Å². The van der Waals surface area contributed by atoms with E-state index in [4.69, 9.17) is 16.3 Å².